The Kier molecular flexibility index (Phi) is 4.65. The standard InChI is InChI=1S/C16H19N3OS/c1-20-9-6-17-11-13-3-2-4-15-14(13)5-8-19(15)12-16-18-7-10-21-16/h2-5,7-8,10,17H,6,9,11-12H2,1H3. The molecule has 21 heavy (non-hydrogen) atoms. The van der Waals surface area contributed by atoms with Crippen molar-refractivity contribution in [2.24, 2.45) is 0 Å². The van der Waals surface area contributed by atoms with Gasteiger partial charge in [0.05, 0.1) is 13.2 Å². The van der Waals surface area contributed by atoms with E-state index in [0.29, 0.717) is 0 Å². The van der Waals surface area contributed by atoms with Gasteiger partial charge in [-0.3, -0.25) is 0 Å². The van der Waals surface area contributed by atoms with Gasteiger partial charge in [-0.05, 0) is 17.7 Å². The molecule has 3 aromatic rings. The van der Waals surface area contributed by atoms with Gasteiger partial charge in [-0.15, -0.1) is 11.3 Å². The molecule has 0 bridgehead atoms. The van der Waals surface area contributed by atoms with Crippen molar-refractivity contribution < 1.29 is 4.74 Å². The van der Waals surface area contributed by atoms with E-state index in [4.69, 9.17) is 4.74 Å². The lowest BCUT2D eigenvalue weighted by atomic mass is 10.1. The molecule has 0 aliphatic rings. The number of nitrogens with zero attached hydrogens (tertiary/aromatic N) is 2. The molecule has 0 aliphatic carbocycles. The van der Waals surface area contributed by atoms with Crippen LogP contribution in [-0.4, -0.2) is 29.8 Å². The predicted molar refractivity (Wildman–Crippen MR) is 86.7 cm³/mol. The molecule has 0 unspecified atom stereocenters. The van der Waals surface area contributed by atoms with Crippen molar-refractivity contribution in [3.8, 4) is 0 Å². The number of methoxy groups -OCH3 is 1. The van der Waals surface area contributed by atoms with Crippen LogP contribution in [0.4, 0.5) is 0 Å². The Morgan fingerprint density at radius 1 is 1.33 bits per heavy atom. The molecule has 5 heteroatoms. The Morgan fingerprint density at radius 2 is 2.29 bits per heavy atom. The number of rotatable bonds is 7. The molecule has 0 fully saturated rings. The summed E-state index contributed by atoms with van der Waals surface area (Å²) in [6.07, 6.45) is 4.00. The van der Waals surface area contributed by atoms with E-state index in [1.54, 1.807) is 18.4 Å². The van der Waals surface area contributed by atoms with Gasteiger partial charge < -0.3 is 14.6 Å². The first-order chi connectivity index (χ1) is 10.4. The largest absolute Gasteiger partial charge is 0.383 e. The average molecular weight is 301 g/mol. The number of thiazole rings is 1. The van der Waals surface area contributed by atoms with Crippen LogP contribution in [0.5, 0.6) is 0 Å². The van der Waals surface area contributed by atoms with E-state index in [1.807, 2.05) is 11.6 Å². The molecular formula is C16H19N3OS. The fourth-order valence-electron chi connectivity index (χ4n) is 2.45. The number of ether oxygens (including phenoxy) is 1. The summed E-state index contributed by atoms with van der Waals surface area (Å²) in [5.74, 6) is 0. The Bertz CT molecular complexity index is 691. The summed E-state index contributed by atoms with van der Waals surface area (Å²) in [6.45, 7) is 3.30. The molecule has 0 saturated carbocycles. The van der Waals surface area contributed by atoms with Gasteiger partial charge in [-0.2, -0.15) is 0 Å². The smallest absolute Gasteiger partial charge is 0.112 e. The van der Waals surface area contributed by atoms with Crippen LogP contribution in [0.1, 0.15) is 10.6 Å². The van der Waals surface area contributed by atoms with E-state index in [-0.39, 0.29) is 0 Å². The summed E-state index contributed by atoms with van der Waals surface area (Å²) < 4.78 is 7.31. The van der Waals surface area contributed by atoms with Gasteiger partial charge in [0.2, 0.25) is 0 Å². The van der Waals surface area contributed by atoms with Crippen LogP contribution in [0.25, 0.3) is 10.9 Å². The maximum absolute atomic E-state index is 5.06. The maximum Gasteiger partial charge on any atom is 0.112 e. The molecule has 1 aromatic carbocycles. The molecule has 110 valence electrons. The lowest BCUT2D eigenvalue weighted by molar-refractivity contribution is 0.199. The molecule has 4 nitrogen and oxygen atoms in total. The van der Waals surface area contributed by atoms with Gasteiger partial charge >= 0.3 is 0 Å². The Labute approximate surface area is 128 Å². The highest BCUT2D eigenvalue weighted by molar-refractivity contribution is 7.09. The van der Waals surface area contributed by atoms with E-state index in [2.05, 4.69) is 45.3 Å². The number of aromatic nitrogens is 2. The van der Waals surface area contributed by atoms with Crippen molar-refractivity contribution in [3.05, 3.63) is 52.6 Å². The van der Waals surface area contributed by atoms with Crippen molar-refractivity contribution in [2.45, 2.75) is 13.1 Å². The second-order valence-electron chi connectivity index (χ2n) is 4.89. The van der Waals surface area contributed by atoms with E-state index in [9.17, 15) is 0 Å². The summed E-state index contributed by atoms with van der Waals surface area (Å²) >= 11 is 1.70. The SMILES string of the molecule is COCCNCc1cccc2c1ccn2Cc1nccs1. The third-order valence-corrected chi connectivity index (χ3v) is 4.26. The van der Waals surface area contributed by atoms with Crippen LogP contribution in [0.2, 0.25) is 0 Å². The van der Waals surface area contributed by atoms with Crippen molar-refractivity contribution in [3.63, 3.8) is 0 Å². The van der Waals surface area contributed by atoms with Crippen molar-refractivity contribution in [2.75, 3.05) is 20.3 Å². The molecule has 0 amide bonds. The zero-order chi connectivity index (χ0) is 14.5. The molecule has 0 spiro atoms. The molecule has 0 radical (unpaired) electrons. The number of fused-ring (bicyclic) bond motifs is 1. The van der Waals surface area contributed by atoms with Crippen LogP contribution in [0.15, 0.2) is 42.0 Å². The van der Waals surface area contributed by atoms with Gasteiger partial charge in [-0.25, -0.2) is 4.98 Å². The molecule has 0 atom stereocenters. The third kappa shape index (κ3) is 3.32. The lowest BCUT2D eigenvalue weighted by Gasteiger charge is -2.07. The van der Waals surface area contributed by atoms with E-state index in [0.717, 1.165) is 31.2 Å². The zero-order valence-corrected chi connectivity index (χ0v) is 12.9. The monoisotopic (exact) mass is 301 g/mol. The van der Waals surface area contributed by atoms with E-state index < -0.39 is 0 Å². The van der Waals surface area contributed by atoms with Crippen molar-refractivity contribution >= 4 is 22.2 Å². The average Bonchev–Trinajstić information content (AvgIpc) is 3.15. The first kappa shape index (κ1) is 14.3. The van der Waals surface area contributed by atoms with Crippen LogP contribution < -0.4 is 5.32 Å². The number of benzene rings is 1. The second kappa shape index (κ2) is 6.85. The van der Waals surface area contributed by atoms with Crippen LogP contribution in [0, 0.1) is 0 Å². The van der Waals surface area contributed by atoms with Crippen LogP contribution in [-0.2, 0) is 17.8 Å². The minimum atomic E-state index is 0.737. The number of hydrogen-bond donors (Lipinski definition) is 1. The minimum absolute atomic E-state index is 0.737. The Balaban J connectivity index is 1.79. The first-order valence-electron chi connectivity index (χ1n) is 7.03. The highest BCUT2D eigenvalue weighted by Crippen LogP contribution is 2.21. The van der Waals surface area contributed by atoms with E-state index in [1.165, 1.54) is 16.5 Å². The first-order valence-corrected chi connectivity index (χ1v) is 7.91. The van der Waals surface area contributed by atoms with Crippen LogP contribution in [0.3, 0.4) is 0 Å². The number of hydrogen-bond acceptors (Lipinski definition) is 4. The fraction of sp³-hybridized carbons (Fsp3) is 0.312. The molecule has 0 saturated heterocycles. The van der Waals surface area contributed by atoms with Crippen LogP contribution >= 0.6 is 11.3 Å². The summed E-state index contributed by atoms with van der Waals surface area (Å²) in [5.41, 5.74) is 2.58. The summed E-state index contributed by atoms with van der Waals surface area (Å²) in [6, 6.07) is 8.65. The Hall–Kier alpha value is -1.69. The van der Waals surface area contributed by atoms with Gasteiger partial charge in [0.25, 0.3) is 0 Å². The van der Waals surface area contributed by atoms with Gasteiger partial charge in [0.1, 0.15) is 5.01 Å². The molecule has 0 aliphatic heterocycles. The highest BCUT2D eigenvalue weighted by atomic mass is 32.1. The maximum atomic E-state index is 5.06. The third-order valence-electron chi connectivity index (χ3n) is 3.49. The fourth-order valence-corrected chi connectivity index (χ4v) is 3.07. The molecule has 2 heterocycles. The normalized spacial score (nSPS) is 11.3. The summed E-state index contributed by atoms with van der Waals surface area (Å²) in [5, 5.41) is 7.86. The van der Waals surface area contributed by atoms with Gasteiger partial charge in [0.15, 0.2) is 0 Å². The van der Waals surface area contributed by atoms with E-state index >= 15 is 0 Å². The minimum Gasteiger partial charge on any atom is -0.383 e. The zero-order valence-electron chi connectivity index (χ0n) is 12.1. The highest BCUT2D eigenvalue weighted by Gasteiger charge is 2.06. The molecular weight excluding hydrogens is 282 g/mol. The van der Waals surface area contributed by atoms with Gasteiger partial charge in [-0.1, -0.05) is 12.1 Å². The Morgan fingerprint density at radius 3 is 3.10 bits per heavy atom. The van der Waals surface area contributed by atoms with Crippen molar-refractivity contribution in [1.82, 2.24) is 14.9 Å². The summed E-state index contributed by atoms with van der Waals surface area (Å²) in [7, 11) is 1.72. The lowest BCUT2D eigenvalue weighted by Crippen LogP contribution is -2.18. The van der Waals surface area contributed by atoms with Gasteiger partial charge in [0, 0.05) is 48.9 Å². The topological polar surface area (TPSA) is 39.1 Å². The molecule has 2 aromatic heterocycles. The quantitative estimate of drug-likeness (QED) is 0.682. The molecule has 1 N–H and O–H groups in total. The summed E-state index contributed by atoms with van der Waals surface area (Å²) in [4.78, 5) is 4.36. The number of nitrogens with one attached hydrogen (secondary N) is 1. The second-order valence-corrected chi connectivity index (χ2v) is 5.87. The predicted octanol–water partition coefficient (Wildman–Crippen LogP) is 2.88. The molecule has 3 rings (SSSR count). The van der Waals surface area contributed by atoms with Crippen molar-refractivity contribution in [1.29, 1.82) is 0 Å².